The first-order valence-electron chi connectivity index (χ1n) is 10.1. The van der Waals surface area contributed by atoms with Gasteiger partial charge in [0.2, 0.25) is 0 Å². The van der Waals surface area contributed by atoms with E-state index >= 15 is 0 Å². The minimum atomic E-state index is -2.00. The molecule has 5 heteroatoms. The molecule has 1 N–H and O–H groups in total. The summed E-state index contributed by atoms with van der Waals surface area (Å²) in [6, 6.07) is 5.56. The molecule has 0 amide bonds. The van der Waals surface area contributed by atoms with E-state index in [-0.39, 0.29) is 10.9 Å². The lowest BCUT2D eigenvalue weighted by Gasteiger charge is -2.36. The highest BCUT2D eigenvalue weighted by Gasteiger charge is 2.39. The van der Waals surface area contributed by atoms with Gasteiger partial charge in [-0.15, -0.1) is 0 Å². The highest BCUT2D eigenvalue weighted by molar-refractivity contribution is 6.74. The fourth-order valence-corrected chi connectivity index (χ4v) is 4.01. The summed E-state index contributed by atoms with van der Waals surface area (Å²) < 4.78 is 20.9. The number of hydrogen-bond acceptors (Lipinski definition) is 3. The highest BCUT2D eigenvalue weighted by Crippen LogP contribution is 2.38. The van der Waals surface area contributed by atoms with Crippen LogP contribution in [0.25, 0.3) is 0 Å². The van der Waals surface area contributed by atoms with Crippen LogP contribution in [0.4, 0.5) is 4.39 Å². The summed E-state index contributed by atoms with van der Waals surface area (Å²) in [5.41, 5.74) is 0.758. The second-order valence-electron chi connectivity index (χ2n) is 9.03. The van der Waals surface area contributed by atoms with Gasteiger partial charge in [0.15, 0.2) is 5.82 Å². The van der Waals surface area contributed by atoms with Gasteiger partial charge in [-0.25, -0.2) is 4.39 Å². The molecule has 0 radical (unpaired) electrons. The molecule has 0 saturated carbocycles. The van der Waals surface area contributed by atoms with Crippen molar-refractivity contribution in [3.8, 4) is 5.75 Å². The molecule has 3 rings (SSSR count). The predicted octanol–water partition coefficient (Wildman–Crippen LogP) is 5.18. The van der Waals surface area contributed by atoms with Gasteiger partial charge in [0, 0.05) is 12.1 Å². The molecule has 2 aliphatic rings. The van der Waals surface area contributed by atoms with E-state index in [0.717, 1.165) is 18.7 Å². The van der Waals surface area contributed by atoms with Crippen molar-refractivity contribution in [2.45, 2.75) is 71.1 Å². The molecule has 1 aromatic rings. The SMILES string of the molecule is C1CCNC1.CC(C)(C)[Si](C)(C)Oc1cccc(CN2CCCC2)c1F. The van der Waals surface area contributed by atoms with E-state index in [2.05, 4.69) is 44.1 Å². The Labute approximate surface area is 160 Å². The Kier molecular flexibility index (Phi) is 7.68. The molecule has 2 fully saturated rings. The summed E-state index contributed by atoms with van der Waals surface area (Å²) >= 11 is 0. The maximum atomic E-state index is 14.7. The largest absolute Gasteiger partial charge is 0.542 e. The molecule has 0 aliphatic carbocycles. The first-order valence-corrected chi connectivity index (χ1v) is 13.0. The fourth-order valence-electron chi connectivity index (χ4n) is 2.99. The number of nitrogens with zero attached hydrogens (tertiary/aromatic N) is 1. The van der Waals surface area contributed by atoms with Gasteiger partial charge in [0.1, 0.15) is 5.75 Å². The Morgan fingerprint density at radius 3 is 2.19 bits per heavy atom. The molecule has 148 valence electrons. The lowest BCUT2D eigenvalue weighted by molar-refractivity contribution is 0.323. The summed E-state index contributed by atoms with van der Waals surface area (Å²) in [6.45, 7) is 16.2. The number of benzene rings is 1. The molecule has 0 bridgehead atoms. The molecular weight excluding hydrogens is 343 g/mol. The summed E-state index contributed by atoms with van der Waals surface area (Å²) in [4.78, 5) is 2.31. The molecular formula is C21H37FN2OSi. The van der Waals surface area contributed by atoms with Crippen LogP contribution in [0.3, 0.4) is 0 Å². The number of nitrogens with one attached hydrogen (secondary N) is 1. The second-order valence-corrected chi connectivity index (χ2v) is 13.8. The fraction of sp³-hybridized carbons (Fsp3) is 0.714. The molecule has 26 heavy (non-hydrogen) atoms. The Morgan fingerprint density at radius 2 is 1.69 bits per heavy atom. The standard InChI is InChI=1S/C17H28FNOSi.C4H9N/c1-17(2,3)21(4,5)20-15-10-8-9-14(16(15)18)13-19-11-6-7-12-19;1-2-4-5-3-1/h8-10H,6-7,11-13H2,1-5H3;5H,1-4H2. The normalized spacial score (nSPS) is 18.5. The average molecular weight is 381 g/mol. The van der Waals surface area contributed by atoms with Crippen molar-refractivity contribution < 1.29 is 8.82 Å². The van der Waals surface area contributed by atoms with Crippen LogP contribution in [0.1, 0.15) is 52.0 Å². The van der Waals surface area contributed by atoms with Gasteiger partial charge in [0.25, 0.3) is 8.32 Å². The van der Waals surface area contributed by atoms with Crippen LogP contribution in [-0.2, 0) is 6.54 Å². The molecule has 0 atom stereocenters. The number of hydrogen-bond donors (Lipinski definition) is 1. The molecule has 0 aromatic heterocycles. The minimum Gasteiger partial charge on any atom is -0.542 e. The Bertz CT molecular complexity index is 554. The zero-order valence-corrected chi connectivity index (χ0v) is 18.3. The molecule has 2 heterocycles. The van der Waals surface area contributed by atoms with Gasteiger partial charge >= 0.3 is 0 Å². The zero-order chi connectivity index (χ0) is 19.2. The van der Waals surface area contributed by atoms with Crippen LogP contribution in [0.15, 0.2) is 18.2 Å². The van der Waals surface area contributed by atoms with E-state index in [9.17, 15) is 4.39 Å². The first kappa shape index (κ1) is 21.4. The minimum absolute atomic E-state index is 0.0738. The smallest absolute Gasteiger partial charge is 0.250 e. The molecule has 2 aliphatic heterocycles. The van der Waals surface area contributed by atoms with Gasteiger partial charge < -0.3 is 9.74 Å². The second kappa shape index (κ2) is 9.33. The van der Waals surface area contributed by atoms with Crippen LogP contribution in [0.5, 0.6) is 5.75 Å². The van der Waals surface area contributed by atoms with Crippen LogP contribution >= 0.6 is 0 Å². The van der Waals surface area contributed by atoms with Crippen molar-refractivity contribution in [3.63, 3.8) is 0 Å². The molecule has 1 aromatic carbocycles. The summed E-state index contributed by atoms with van der Waals surface area (Å²) in [5, 5.41) is 3.30. The van der Waals surface area contributed by atoms with Crippen molar-refractivity contribution in [1.29, 1.82) is 0 Å². The summed E-state index contributed by atoms with van der Waals surface area (Å²) in [6.07, 6.45) is 5.23. The van der Waals surface area contributed by atoms with Crippen LogP contribution < -0.4 is 9.74 Å². The van der Waals surface area contributed by atoms with Crippen LogP contribution in [0, 0.1) is 5.82 Å². The average Bonchev–Trinajstić information content (AvgIpc) is 3.26. The van der Waals surface area contributed by atoms with E-state index in [1.807, 2.05) is 12.1 Å². The highest BCUT2D eigenvalue weighted by atomic mass is 28.4. The van der Waals surface area contributed by atoms with Gasteiger partial charge in [0.05, 0.1) is 0 Å². The molecule has 2 saturated heterocycles. The van der Waals surface area contributed by atoms with Crippen LogP contribution in [-0.4, -0.2) is 39.4 Å². The molecule has 0 spiro atoms. The first-order chi connectivity index (χ1) is 12.2. The Balaban J connectivity index is 0.000000417. The Hall–Kier alpha value is -0.913. The Morgan fingerprint density at radius 1 is 1.08 bits per heavy atom. The zero-order valence-electron chi connectivity index (χ0n) is 17.3. The van der Waals surface area contributed by atoms with E-state index in [4.69, 9.17) is 4.43 Å². The van der Waals surface area contributed by atoms with Crippen molar-refractivity contribution in [3.05, 3.63) is 29.6 Å². The lowest BCUT2D eigenvalue weighted by atomic mass is 10.2. The quantitative estimate of drug-likeness (QED) is 0.729. The van der Waals surface area contributed by atoms with Crippen molar-refractivity contribution in [2.75, 3.05) is 26.2 Å². The van der Waals surface area contributed by atoms with E-state index in [1.54, 1.807) is 6.07 Å². The number of rotatable bonds is 4. The monoisotopic (exact) mass is 380 g/mol. The summed E-state index contributed by atoms with van der Waals surface area (Å²) in [7, 11) is -2.00. The third-order valence-corrected chi connectivity index (χ3v) is 10.1. The van der Waals surface area contributed by atoms with Gasteiger partial charge in [-0.2, -0.15) is 0 Å². The van der Waals surface area contributed by atoms with E-state index < -0.39 is 8.32 Å². The lowest BCUT2D eigenvalue weighted by Crippen LogP contribution is -2.44. The van der Waals surface area contributed by atoms with Gasteiger partial charge in [-0.05, 0) is 76.1 Å². The van der Waals surface area contributed by atoms with E-state index in [1.165, 1.54) is 38.8 Å². The van der Waals surface area contributed by atoms with Gasteiger partial charge in [-0.3, -0.25) is 4.90 Å². The van der Waals surface area contributed by atoms with E-state index in [0.29, 0.717) is 12.3 Å². The third-order valence-electron chi connectivity index (χ3n) is 5.76. The predicted molar refractivity (Wildman–Crippen MR) is 111 cm³/mol. The van der Waals surface area contributed by atoms with Crippen molar-refractivity contribution in [1.82, 2.24) is 10.2 Å². The topological polar surface area (TPSA) is 24.5 Å². The van der Waals surface area contributed by atoms with Crippen molar-refractivity contribution in [2.24, 2.45) is 0 Å². The molecule has 0 unspecified atom stereocenters. The van der Waals surface area contributed by atoms with Crippen molar-refractivity contribution >= 4 is 8.32 Å². The van der Waals surface area contributed by atoms with Crippen LogP contribution in [0.2, 0.25) is 18.1 Å². The maximum Gasteiger partial charge on any atom is 0.250 e. The number of likely N-dealkylation sites (tertiary alicyclic amines) is 1. The summed E-state index contributed by atoms with van der Waals surface area (Å²) in [5.74, 6) is 0.257. The third kappa shape index (κ3) is 6.07. The number of halogens is 1. The maximum absolute atomic E-state index is 14.7. The molecule has 3 nitrogen and oxygen atoms in total. The van der Waals surface area contributed by atoms with Gasteiger partial charge in [-0.1, -0.05) is 32.9 Å².